The molecule has 1 saturated carbocycles. The largest absolute Gasteiger partial charge is 0.378 e. The fourth-order valence-corrected chi connectivity index (χ4v) is 3.82. The summed E-state index contributed by atoms with van der Waals surface area (Å²) in [6, 6.07) is 0.0313. The number of aliphatic imine (C=N–C) groups is 1. The van der Waals surface area contributed by atoms with Gasteiger partial charge in [0.2, 0.25) is 0 Å². The number of nitrogens with one attached hydrogen (secondary N) is 2. The molecule has 0 aromatic rings. The zero-order valence-electron chi connectivity index (χ0n) is 17.5. The van der Waals surface area contributed by atoms with Gasteiger partial charge in [0.25, 0.3) is 0 Å². The fraction of sp³-hybridized carbons (Fsp3) is 0.900. The first-order chi connectivity index (χ1) is 13.2. The van der Waals surface area contributed by atoms with Crippen molar-refractivity contribution >= 4 is 36.0 Å². The lowest BCUT2D eigenvalue weighted by Crippen LogP contribution is -2.50. The molecule has 28 heavy (non-hydrogen) atoms. The van der Waals surface area contributed by atoms with Crippen molar-refractivity contribution in [1.29, 1.82) is 0 Å². The zero-order valence-corrected chi connectivity index (χ0v) is 19.8. The summed E-state index contributed by atoms with van der Waals surface area (Å²) < 4.78 is 5.98. The molecule has 4 N–H and O–H groups in total. The van der Waals surface area contributed by atoms with Crippen LogP contribution in [-0.2, 0) is 4.74 Å². The second-order valence-corrected chi connectivity index (χ2v) is 7.70. The number of hydrogen-bond acceptors (Lipinski definition) is 3. The number of nitrogens with zero attached hydrogens (tertiary/aromatic N) is 2. The molecule has 0 bridgehead atoms. The highest BCUT2D eigenvalue weighted by molar-refractivity contribution is 14.0. The minimum absolute atomic E-state index is 0. The number of hydrogen-bond donors (Lipinski definition) is 3. The minimum atomic E-state index is -0.318. The molecule has 0 aromatic heterocycles. The predicted octanol–water partition coefficient (Wildman–Crippen LogP) is 3.22. The Morgan fingerprint density at radius 1 is 1.11 bits per heavy atom. The molecule has 2 aliphatic rings. The van der Waals surface area contributed by atoms with E-state index in [-0.39, 0.29) is 30.0 Å². The van der Waals surface area contributed by atoms with Crippen molar-refractivity contribution in [3.8, 4) is 0 Å². The Labute approximate surface area is 187 Å². The lowest BCUT2D eigenvalue weighted by Gasteiger charge is -2.32. The van der Waals surface area contributed by atoms with Crippen molar-refractivity contribution in [2.45, 2.75) is 83.3 Å². The number of nitrogens with two attached hydrogens (primary N) is 1. The molecule has 0 aromatic carbocycles. The number of rotatable bonds is 9. The maximum absolute atomic E-state index is 11.2. The van der Waals surface area contributed by atoms with Crippen LogP contribution in [0.1, 0.15) is 71.1 Å². The van der Waals surface area contributed by atoms with E-state index in [0.717, 1.165) is 57.8 Å². The van der Waals surface area contributed by atoms with Gasteiger partial charge < -0.3 is 26.0 Å². The number of amides is 2. The number of ether oxygens (including phenoxy) is 1. The summed E-state index contributed by atoms with van der Waals surface area (Å²) in [7, 11) is 0. The second-order valence-electron chi connectivity index (χ2n) is 7.70. The maximum atomic E-state index is 11.2. The molecule has 0 radical (unpaired) electrons. The lowest BCUT2D eigenvalue weighted by molar-refractivity contribution is 0.0264. The van der Waals surface area contributed by atoms with Gasteiger partial charge in [-0.1, -0.05) is 19.3 Å². The van der Waals surface area contributed by atoms with E-state index in [0.29, 0.717) is 25.2 Å². The van der Waals surface area contributed by atoms with Gasteiger partial charge in [0, 0.05) is 38.8 Å². The van der Waals surface area contributed by atoms with E-state index in [9.17, 15) is 4.79 Å². The Bertz CT molecular complexity index is 450. The van der Waals surface area contributed by atoms with E-state index in [2.05, 4.69) is 17.6 Å². The monoisotopic (exact) mass is 509 g/mol. The fourth-order valence-electron chi connectivity index (χ4n) is 3.82. The Hall–Kier alpha value is -0.770. The highest BCUT2D eigenvalue weighted by atomic mass is 127. The molecule has 0 unspecified atom stereocenters. The summed E-state index contributed by atoms with van der Waals surface area (Å²) in [5.74, 6) is 0.883. The van der Waals surface area contributed by atoms with Crippen LogP contribution in [0.2, 0.25) is 0 Å². The Kier molecular flexibility index (Phi) is 13.6. The smallest absolute Gasteiger partial charge is 0.314 e. The molecule has 2 fully saturated rings. The topological polar surface area (TPSA) is 92.0 Å². The lowest BCUT2D eigenvalue weighted by atomic mass is 9.98. The van der Waals surface area contributed by atoms with Gasteiger partial charge in [-0.25, -0.2) is 4.79 Å². The molecular weight excluding hydrogens is 469 g/mol. The molecule has 1 saturated heterocycles. The Morgan fingerprint density at radius 3 is 2.46 bits per heavy atom. The SMILES string of the molecule is CCNC(=NCCCCCOC1CCCCC1)NC1CCN(C(N)=O)CC1.I. The number of carbonyl (C=O) groups is 1. The molecule has 2 rings (SSSR count). The van der Waals surface area contributed by atoms with Crippen molar-refractivity contribution in [2.24, 2.45) is 10.7 Å². The van der Waals surface area contributed by atoms with E-state index in [1.54, 1.807) is 4.90 Å². The summed E-state index contributed by atoms with van der Waals surface area (Å²) in [5.41, 5.74) is 5.34. The summed E-state index contributed by atoms with van der Waals surface area (Å²) in [6.45, 7) is 6.08. The number of halogens is 1. The third kappa shape index (κ3) is 10.1. The van der Waals surface area contributed by atoms with Crippen molar-refractivity contribution in [3.05, 3.63) is 0 Å². The van der Waals surface area contributed by atoms with Crippen LogP contribution in [0.3, 0.4) is 0 Å². The number of primary amides is 1. The first kappa shape index (κ1) is 25.3. The highest BCUT2D eigenvalue weighted by Crippen LogP contribution is 2.20. The average molecular weight is 509 g/mol. The van der Waals surface area contributed by atoms with Crippen LogP contribution in [0.5, 0.6) is 0 Å². The third-order valence-electron chi connectivity index (χ3n) is 5.47. The normalized spacial score (nSPS) is 19.2. The van der Waals surface area contributed by atoms with Gasteiger partial charge in [0.05, 0.1) is 6.10 Å². The minimum Gasteiger partial charge on any atom is -0.378 e. The first-order valence-corrected chi connectivity index (χ1v) is 10.9. The van der Waals surface area contributed by atoms with E-state index >= 15 is 0 Å². The number of carbonyl (C=O) groups excluding carboxylic acids is 1. The molecule has 164 valence electrons. The van der Waals surface area contributed by atoms with Crippen LogP contribution in [0.4, 0.5) is 4.79 Å². The molecule has 0 atom stereocenters. The van der Waals surface area contributed by atoms with Crippen LogP contribution in [-0.4, -0.2) is 61.8 Å². The van der Waals surface area contributed by atoms with E-state index in [4.69, 9.17) is 15.5 Å². The van der Waals surface area contributed by atoms with Gasteiger partial charge in [-0.3, -0.25) is 4.99 Å². The van der Waals surface area contributed by atoms with Crippen LogP contribution >= 0.6 is 24.0 Å². The summed E-state index contributed by atoms with van der Waals surface area (Å²) >= 11 is 0. The third-order valence-corrected chi connectivity index (χ3v) is 5.47. The number of likely N-dealkylation sites (tertiary alicyclic amines) is 1. The summed E-state index contributed by atoms with van der Waals surface area (Å²) in [6.07, 6.45) is 12.3. The second kappa shape index (κ2) is 15.1. The van der Waals surface area contributed by atoms with Crippen LogP contribution in [0, 0.1) is 0 Å². The molecule has 1 heterocycles. The highest BCUT2D eigenvalue weighted by Gasteiger charge is 2.21. The van der Waals surface area contributed by atoms with Crippen LogP contribution < -0.4 is 16.4 Å². The predicted molar refractivity (Wildman–Crippen MR) is 125 cm³/mol. The molecule has 2 amide bonds. The van der Waals surface area contributed by atoms with E-state index in [1.807, 2.05) is 0 Å². The Morgan fingerprint density at radius 2 is 1.82 bits per heavy atom. The average Bonchev–Trinajstić information content (AvgIpc) is 2.68. The molecular formula is C20H40IN5O2. The summed E-state index contributed by atoms with van der Waals surface area (Å²) in [5, 5.41) is 6.81. The maximum Gasteiger partial charge on any atom is 0.314 e. The van der Waals surface area contributed by atoms with Crippen molar-refractivity contribution < 1.29 is 9.53 Å². The van der Waals surface area contributed by atoms with Gasteiger partial charge >= 0.3 is 6.03 Å². The van der Waals surface area contributed by atoms with Gasteiger partial charge in [0.1, 0.15) is 0 Å². The van der Waals surface area contributed by atoms with Gasteiger partial charge in [-0.05, 0) is 51.9 Å². The summed E-state index contributed by atoms with van der Waals surface area (Å²) in [4.78, 5) is 17.6. The Balaban J connectivity index is 0.00000392. The zero-order chi connectivity index (χ0) is 19.3. The molecule has 1 aliphatic heterocycles. The number of unbranched alkanes of at least 4 members (excludes halogenated alkanes) is 2. The van der Waals surface area contributed by atoms with E-state index < -0.39 is 0 Å². The van der Waals surface area contributed by atoms with Gasteiger partial charge in [-0.15, -0.1) is 24.0 Å². The molecule has 1 aliphatic carbocycles. The van der Waals surface area contributed by atoms with Crippen molar-refractivity contribution in [3.63, 3.8) is 0 Å². The van der Waals surface area contributed by atoms with Crippen molar-refractivity contribution in [1.82, 2.24) is 15.5 Å². The number of urea groups is 1. The van der Waals surface area contributed by atoms with Gasteiger partial charge in [-0.2, -0.15) is 0 Å². The van der Waals surface area contributed by atoms with Crippen LogP contribution in [0.15, 0.2) is 4.99 Å². The van der Waals surface area contributed by atoms with Crippen molar-refractivity contribution in [2.75, 3.05) is 32.8 Å². The quantitative estimate of drug-likeness (QED) is 0.193. The molecule has 0 spiro atoms. The molecule has 8 heteroatoms. The number of guanidine groups is 1. The van der Waals surface area contributed by atoms with E-state index in [1.165, 1.54) is 32.1 Å². The standard InChI is InChI=1S/C20H39N5O2.HI/c1-2-22-20(24-17-11-14-25(15-12-17)19(21)26)23-13-7-4-8-16-27-18-9-5-3-6-10-18;/h17-18H,2-16H2,1H3,(H2,21,26)(H2,22,23,24);1H. The number of piperidine rings is 1. The first-order valence-electron chi connectivity index (χ1n) is 10.9. The van der Waals surface area contributed by atoms with Crippen LogP contribution in [0.25, 0.3) is 0 Å². The molecule has 7 nitrogen and oxygen atoms in total. The van der Waals surface area contributed by atoms with Gasteiger partial charge in [0.15, 0.2) is 5.96 Å².